The second-order valence-corrected chi connectivity index (χ2v) is 10.5. The molecule has 1 aromatic carbocycles. The normalized spacial score (nSPS) is 14.6. The summed E-state index contributed by atoms with van der Waals surface area (Å²) in [5.74, 6) is -0.166. The topological polar surface area (TPSA) is 126 Å². The van der Waals surface area contributed by atoms with Crippen molar-refractivity contribution in [3.8, 4) is 11.1 Å². The van der Waals surface area contributed by atoms with Crippen LogP contribution in [0, 0.1) is 0 Å². The van der Waals surface area contributed by atoms with E-state index in [9.17, 15) is 14.7 Å². The minimum absolute atomic E-state index is 0.0966. The maximum Gasteiger partial charge on any atom is 0.407 e. The van der Waals surface area contributed by atoms with Crippen LogP contribution in [-0.4, -0.2) is 49.9 Å². The fourth-order valence-electron chi connectivity index (χ4n) is 4.35. The van der Waals surface area contributed by atoms with E-state index in [0.29, 0.717) is 43.1 Å². The summed E-state index contributed by atoms with van der Waals surface area (Å²) in [7, 11) is 0. The number of carbonyl (C=O) groups is 2. The third kappa shape index (κ3) is 5.62. The molecule has 4 rings (SSSR count). The van der Waals surface area contributed by atoms with Crippen molar-refractivity contribution in [1.29, 1.82) is 0 Å². The van der Waals surface area contributed by atoms with Crippen LogP contribution in [0.1, 0.15) is 61.3 Å². The van der Waals surface area contributed by atoms with Crippen LogP contribution in [0.4, 0.5) is 10.6 Å². The van der Waals surface area contributed by atoms with Gasteiger partial charge in [-0.3, -0.25) is 9.48 Å². The molecule has 9 nitrogen and oxygen atoms in total. The average molecular weight is 511 g/mol. The van der Waals surface area contributed by atoms with Crippen LogP contribution >= 0.6 is 11.6 Å². The van der Waals surface area contributed by atoms with E-state index in [1.165, 1.54) is 4.90 Å². The zero-order valence-electron chi connectivity index (χ0n) is 20.7. The highest BCUT2D eigenvalue weighted by Crippen LogP contribution is 2.35. The fourth-order valence-corrected chi connectivity index (χ4v) is 4.48. The number of nitrogen functional groups attached to an aromatic ring is 1. The van der Waals surface area contributed by atoms with Crippen molar-refractivity contribution in [2.24, 2.45) is 0 Å². The minimum atomic E-state index is -0.889. The molecule has 0 saturated carbocycles. The second-order valence-electron chi connectivity index (χ2n) is 10.1. The predicted octanol–water partition coefficient (Wildman–Crippen LogP) is 4.72. The average Bonchev–Trinajstić information content (AvgIpc) is 3.30. The number of nitrogens with two attached hydrogens (primary N) is 1. The number of benzene rings is 1. The molecule has 190 valence electrons. The van der Waals surface area contributed by atoms with Gasteiger partial charge in [0.1, 0.15) is 5.82 Å². The van der Waals surface area contributed by atoms with Crippen LogP contribution < -0.4 is 11.1 Å². The van der Waals surface area contributed by atoms with Crippen molar-refractivity contribution in [1.82, 2.24) is 25.0 Å². The Hall–Kier alpha value is -3.59. The van der Waals surface area contributed by atoms with Gasteiger partial charge in [0.05, 0.1) is 17.3 Å². The van der Waals surface area contributed by atoms with E-state index in [-0.39, 0.29) is 23.2 Å². The van der Waals surface area contributed by atoms with Gasteiger partial charge < -0.3 is 21.1 Å². The first-order valence-corrected chi connectivity index (χ1v) is 12.3. The van der Waals surface area contributed by atoms with E-state index in [1.54, 1.807) is 24.4 Å². The predicted molar refractivity (Wildman–Crippen MR) is 139 cm³/mol. The Labute approximate surface area is 215 Å². The number of likely N-dealkylation sites (tertiary alicyclic amines) is 1. The number of aromatic nitrogens is 3. The van der Waals surface area contributed by atoms with Crippen molar-refractivity contribution in [2.45, 2.75) is 51.6 Å². The number of hydrogen-bond donors (Lipinski definition) is 3. The first-order valence-electron chi connectivity index (χ1n) is 11.9. The number of hydrogen-bond acceptors (Lipinski definition) is 5. The Morgan fingerprint density at radius 2 is 1.86 bits per heavy atom. The molecule has 3 aromatic rings. The molecule has 10 heteroatoms. The molecule has 4 N–H and O–H groups in total. The molecular weight excluding hydrogens is 480 g/mol. The van der Waals surface area contributed by atoms with E-state index < -0.39 is 6.09 Å². The first kappa shape index (κ1) is 25.5. The second kappa shape index (κ2) is 10.2. The van der Waals surface area contributed by atoms with Crippen molar-refractivity contribution in [3.05, 3.63) is 64.6 Å². The third-order valence-electron chi connectivity index (χ3n) is 6.39. The Kier molecular flexibility index (Phi) is 7.21. The molecule has 1 aliphatic rings. The molecule has 36 heavy (non-hydrogen) atoms. The van der Waals surface area contributed by atoms with E-state index in [0.717, 1.165) is 22.4 Å². The van der Waals surface area contributed by atoms with Gasteiger partial charge >= 0.3 is 6.09 Å². The molecule has 0 spiro atoms. The summed E-state index contributed by atoms with van der Waals surface area (Å²) < 4.78 is 1.94. The van der Waals surface area contributed by atoms with E-state index in [2.05, 4.69) is 31.1 Å². The number of nitrogens with zero attached hydrogens (tertiary/aromatic N) is 4. The smallest absolute Gasteiger partial charge is 0.407 e. The van der Waals surface area contributed by atoms with Gasteiger partial charge in [-0.15, -0.1) is 0 Å². The molecule has 2 amide bonds. The number of nitrogens with one attached hydrogen (secondary N) is 1. The Morgan fingerprint density at radius 1 is 1.19 bits per heavy atom. The van der Waals surface area contributed by atoms with Crippen LogP contribution in [0.25, 0.3) is 11.1 Å². The highest BCUT2D eigenvalue weighted by molar-refractivity contribution is 6.30. The van der Waals surface area contributed by atoms with E-state index in [4.69, 9.17) is 22.4 Å². The molecule has 0 unspecified atom stereocenters. The zero-order valence-corrected chi connectivity index (χ0v) is 21.4. The van der Waals surface area contributed by atoms with Crippen LogP contribution in [-0.2, 0) is 12.0 Å². The number of piperidine rings is 1. The van der Waals surface area contributed by atoms with Crippen LogP contribution in [0.15, 0.2) is 42.7 Å². The number of carboxylic acid groups (broad SMARTS) is 1. The summed E-state index contributed by atoms with van der Waals surface area (Å²) >= 11 is 5.94. The fraction of sp³-hybridized carbons (Fsp3) is 0.385. The lowest BCUT2D eigenvalue weighted by atomic mass is 9.87. The lowest BCUT2D eigenvalue weighted by molar-refractivity contribution is 0.0951. The highest BCUT2D eigenvalue weighted by atomic mass is 35.5. The maximum absolute atomic E-state index is 13.0. The van der Waals surface area contributed by atoms with Gasteiger partial charge in [0, 0.05) is 53.6 Å². The minimum Gasteiger partial charge on any atom is -0.465 e. The number of pyridine rings is 1. The summed E-state index contributed by atoms with van der Waals surface area (Å²) in [6, 6.07) is 9.10. The number of anilines is 1. The lowest BCUT2D eigenvalue weighted by Gasteiger charge is -2.30. The molecule has 0 bridgehead atoms. The molecule has 2 aromatic heterocycles. The quantitative estimate of drug-likeness (QED) is 0.455. The van der Waals surface area contributed by atoms with Crippen LogP contribution in [0.3, 0.4) is 0 Å². The van der Waals surface area contributed by atoms with Gasteiger partial charge in [-0.05, 0) is 36.6 Å². The molecule has 3 heterocycles. The van der Waals surface area contributed by atoms with Gasteiger partial charge in [0.15, 0.2) is 0 Å². The van der Waals surface area contributed by atoms with Crippen LogP contribution in [0.5, 0.6) is 0 Å². The lowest BCUT2D eigenvalue weighted by Crippen LogP contribution is -2.38. The van der Waals surface area contributed by atoms with Gasteiger partial charge in [-0.25, -0.2) is 9.78 Å². The first-order chi connectivity index (χ1) is 17.0. The summed E-state index contributed by atoms with van der Waals surface area (Å²) in [5, 5.41) is 17.7. The molecule has 1 saturated heterocycles. The van der Waals surface area contributed by atoms with Gasteiger partial charge in [-0.1, -0.05) is 44.5 Å². The largest absolute Gasteiger partial charge is 0.465 e. The molecule has 0 atom stereocenters. The zero-order chi connectivity index (χ0) is 26.0. The Balaban J connectivity index is 1.60. The van der Waals surface area contributed by atoms with Gasteiger partial charge in [0.25, 0.3) is 5.91 Å². The van der Waals surface area contributed by atoms with Crippen molar-refractivity contribution < 1.29 is 14.7 Å². The van der Waals surface area contributed by atoms with Crippen LogP contribution in [0.2, 0.25) is 5.02 Å². The molecular formula is C26H31ClN6O3. The molecule has 0 aliphatic carbocycles. The van der Waals surface area contributed by atoms with Gasteiger partial charge in [-0.2, -0.15) is 5.10 Å². The van der Waals surface area contributed by atoms with E-state index >= 15 is 0 Å². The Bertz CT molecular complexity index is 1260. The highest BCUT2D eigenvalue weighted by Gasteiger charge is 2.29. The summed E-state index contributed by atoms with van der Waals surface area (Å²) in [6.45, 7) is 7.53. The summed E-state index contributed by atoms with van der Waals surface area (Å²) in [5.41, 5.74) is 9.53. The van der Waals surface area contributed by atoms with Crippen molar-refractivity contribution in [3.63, 3.8) is 0 Å². The maximum atomic E-state index is 13.0. The van der Waals surface area contributed by atoms with E-state index in [1.807, 2.05) is 23.0 Å². The molecule has 1 fully saturated rings. The number of rotatable bonds is 5. The summed E-state index contributed by atoms with van der Waals surface area (Å²) in [4.78, 5) is 30.0. The SMILES string of the molecule is CC(C)(C)c1nn(C2CCN(C(=O)O)CC2)cc1-c1cnc(N)c(C(=O)NCc2ccc(Cl)cc2)c1. The number of amides is 2. The standard InChI is InChI=1S/C26H31ClN6O3/c1-26(2,3)22-21(15-33(31-22)19-8-10-32(11-9-19)25(35)36)17-12-20(23(28)29-14-17)24(34)30-13-16-4-6-18(27)7-5-16/h4-7,12,14-15,19H,8-11,13H2,1-3H3,(H2,28,29)(H,30,34)(H,35,36). The number of carbonyl (C=O) groups excluding carboxylic acids is 1. The monoisotopic (exact) mass is 510 g/mol. The molecule has 0 radical (unpaired) electrons. The number of halogens is 1. The third-order valence-corrected chi connectivity index (χ3v) is 6.64. The van der Waals surface area contributed by atoms with Crippen molar-refractivity contribution in [2.75, 3.05) is 18.8 Å². The van der Waals surface area contributed by atoms with Gasteiger partial charge in [0.2, 0.25) is 0 Å². The Morgan fingerprint density at radius 3 is 2.47 bits per heavy atom. The molecule has 1 aliphatic heterocycles. The summed E-state index contributed by atoms with van der Waals surface area (Å²) in [6.07, 6.45) is 4.13. The van der Waals surface area contributed by atoms with Crippen molar-refractivity contribution >= 4 is 29.4 Å².